The number of benzene rings is 3. The average Bonchev–Trinajstić information content (AvgIpc) is 2.53. The molecule has 0 radical (unpaired) electrons. The summed E-state index contributed by atoms with van der Waals surface area (Å²) in [6.07, 6.45) is 1.16. The molecule has 0 saturated carbocycles. The van der Waals surface area contributed by atoms with Crippen LogP contribution in [0.1, 0.15) is 46.6 Å². The molecule has 0 fully saturated rings. The molecule has 0 bridgehead atoms. The van der Waals surface area contributed by atoms with Crippen molar-refractivity contribution in [2.45, 2.75) is 46.5 Å². The molecule has 1 heteroatoms. The first-order valence-corrected chi connectivity index (χ1v) is 9.09. The van der Waals surface area contributed by atoms with Gasteiger partial charge in [-0.15, -0.1) is 0 Å². The van der Waals surface area contributed by atoms with E-state index in [4.69, 9.17) is 0 Å². The van der Waals surface area contributed by atoms with Gasteiger partial charge >= 0.3 is 0 Å². The Hall–Kier alpha value is -2.28. The van der Waals surface area contributed by atoms with Gasteiger partial charge in [-0.1, -0.05) is 77.1 Å². The maximum Gasteiger partial charge on any atom is 0.0390 e. The van der Waals surface area contributed by atoms with Crippen LogP contribution in [0.2, 0.25) is 0 Å². The van der Waals surface area contributed by atoms with Gasteiger partial charge in [-0.05, 0) is 57.9 Å². The van der Waals surface area contributed by atoms with Gasteiger partial charge in [0, 0.05) is 11.4 Å². The Labute approximate surface area is 152 Å². The largest absolute Gasteiger partial charge is 0.356 e. The lowest BCUT2D eigenvalue weighted by Crippen LogP contribution is -2.24. The summed E-state index contributed by atoms with van der Waals surface area (Å²) in [5.74, 6) is 0. The molecule has 0 aliphatic heterocycles. The van der Waals surface area contributed by atoms with Crippen molar-refractivity contribution in [1.29, 1.82) is 0 Å². The van der Waals surface area contributed by atoms with Crippen LogP contribution in [0.3, 0.4) is 0 Å². The Balaban J connectivity index is 1.93. The maximum absolute atomic E-state index is 3.49. The summed E-state index contributed by atoms with van der Waals surface area (Å²) in [7, 11) is 0. The third kappa shape index (κ3) is 4.42. The Morgan fingerprint density at radius 2 is 1.36 bits per heavy atom. The molecule has 3 rings (SSSR count). The van der Waals surface area contributed by atoms with Crippen molar-refractivity contribution in [2.75, 3.05) is 5.32 Å². The van der Waals surface area contributed by atoms with Crippen LogP contribution < -0.4 is 5.32 Å². The van der Waals surface area contributed by atoms with Crippen molar-refractivity contribution >= 4 is 22.1 Å². The quantitative estimate of drug-likeness (QED) is 0.529. The molecule has 0 heterocycles. The van der Waals surface area contributed by atoms with Gasteiger partial charge in [0.05, 0.1) is 0 Å². The second-order valence-electron chi connectivity index (χ2n) is 8.89. The van der Waals surface area contributed by atoms with E-state index in [1.165, 1.54) is 16.3 Å². The molecule has 3 aromatic carbocycles. The van der Waals surface area contributed by atoms with Crippen LogP contribution in [0.25, 0.3) is 10.8 Å². The fourth-order valence-corrected chi connectivity index (χ4v) is 3.86. The Morgan fingerprint density at radius 1 is 0.680 bits per heavy atom. The van der Waals surface area contributed by atoms with E-state index in [1.54, 1.807) is 0 Å². The lowest BCUT2D eigenvalue weighted by molar-refractivity contribution is 0.284. The number of para-hydroxylation sites is 1. The number of hydrogen-bond donors (Lipinski definition) is 1. The topological polar surface area (TPSA) is 12.0 Å². The highest BCUT2D eigenvalue weighted by molar-refractivity contribution is 5.87. The van der Waals surface area contributed by atoms with Crippen LogP contribution in [0.15, 0.2) is 66.7 Å². The fourth-order valence-electron chi connectivity index (χ4n) is 3.86. The van der Waals surface area contributed by atoms with Crippen LogP contribution in [0.4, 0.5) is 11.4 Å². The van der Waals surface area contributed by atoms with E-state index < -0.39 is 0 Å². The van der Waals surface area contributed by atoms with Gasteiger partial charge in [0.15, 0.2) is 0 Å². The molecule has 0 atom stereocenters. The number of anilines is 2. The first-order chi connectivity index (χ1) is 11.7. The fraction of sp³-hybridized carbons (Fsp3) is 0.333. The van der Waals surface area contributed by atoms with Gasteiger partial charge in [-0.3, -0.25) is 0 Å². The van der Waals surface area contributed by atoms with E-state index in [-0.39, 0.29) is 5.41 Å². The molecule has 0 amide bonds. The van der Waals surface area contributed by atoms with E-state index in [0.717, 1.165) is 17.8 Å². The predicted octanol–water partition coefficient (Wildman–Crippen LogP) is 7.30. The van der Waals surface area contributed by atoms with E-state index in [9.17, 15) is 0 Å². The number of nitrogens with one attached hydrogen (secondary N) is 1. The highest BCUT2D eigenvalue weighted by Gasteiger charge is 2.27. The zero-order chi connectivity index (χ0) is 18.1. The molecule has 3 aromatic rings. The van der Waals surface area contributed by atoms with Crippen LogP contribution in [-0.2, 0) is 5.41 Å². The first-order valence-electron chi connectivity index (χ1n) is 9.09. The lowest BCUT2D eigenvalue weighted by atomic mass is 9.72. The minimum Gasteiger partial charge on any atom is -0.356 e. The minimum atomic E-state index is 0.162. The standard InChI is InChI=1S/C24H29N/c1-23(2,3)17-24(4,5)20-13-11-18-12-14-22(16-19(18)15-20)25-21-9-7-6-8-10-21/h6-16,25H,17H2,1-5H3. The van der Waals surface area contributed by atoms with Crippen molar-refractivity contribution < 1.29 is 0 Å². The van der Waals surface area contributed by atoms with Gasteiger partial charge in [0.25, 0.3) is 0 Å². The molecule has 25 heavy (non-hydrogen) atoms. The van der Waals surface area contributed by atoms with Crippen molar-refractivity contribution in [3.05, 3.63) is 72.3 Å². The second kappa shape index (κ2) is 6.55. The monoisotopic (exact) mass is 331 g/mol. The second-order valence-corrected chi connectivity index (χ2v) is 8.89. The molecule has 0 aliphatic rings. The van der Waals surface area contributed by atoms with Gasteiger partial charge in [0.2, 0.25) is 0 Å². The predicted molar refractivity (Wildman–Crippen MR) is 111 cm³/mol. The SMILES string of the molecule is CC(C)(C)CC(C)(C)c1ccc2ccc(Nc3ccccc3)cc2c1. The summed E-state index contributed by atoms with van der Waals surface area (Å²) >= 11 is 0. The van der Waals surface area contributed by atoms with Crippen molar-refractivity contribution in [2.24, 2.45) is 5.41 Å². The smallest absolute Gasteiger partial charge is 0.0390 e. The summed E-state index contributed by atoms with van der Waals surface area (Å²) in [6, 6.07) is 23.8. The summed E-state index contributed by atoms with van der Waals surface area (Å²) in [5.41, 5.74) is 4.13. The van der Waals surface area contributed by atoms with E-state index in [1.807, 2.05) is 6.07 Å². The van der Waals surface area contributed by atoms with Gasteiger partial charge in [0.1, 0.15) is 0 Å². The van der Waals surface area contributed by atoms with Crippen molar-refractivity contribution in [3.63, 3.8) is 0 Å². The Morgan fingerprint density at radius 3 is 2.04 bits per heavy atom. The van der Waals surface area contributed by atoms with Crippen LogP contribution in [0, 0.1) is 5.41 Å². The van der Waals surface area contributed by atoms with Crippen molar-refractivity contribution in [1.82, 2.24) is 0 Å². The van der Waals surface area contributed by atoms with Gasteiger partial charge in [-0.2, -0.15) is 0 Å². The number of fused-ring (bicyclic) bond motifs is 1. The van der Waals surface area contributed by atoms with Crippen molar-refractivity contribution in [3.8, 4) is 0 Å². The summed E-state index contributed by atoms with van der Waals surface area (Å²) in [5, 5.41) is 6.07. The molecule has 1 N–H and O–H groups in total. The molecule has 0 unspecified atom stereocenters. The molecule has 0 aliphatic carbocycles. The van der Waals surface area contributed by atoms with E-state index >= 15 is 0 Å². The third-order valence-electron chi connectivity index (χ3n) is 4.66. The zero-order valence-electron chi connectivity index (χ0n) is 16.1. The van der Waals surface area contributed by atoms with Crippen LogP contribution in [-0.4, -0.2) is 0 Å². The molecule has 0 saturated heterocycles. The summed E-state index contributed by atoms with van der Waals surface area (Å²) in [4.78, 5) is 0. The molecular formula is C24H29N. The van der Waals surface area contributed by atoms with Gasteiger partial charge < -0.3 is 5.32 Å². The average molecular weight is 332 g/mol. The molecule has 0 spiro atoms. The maximum atomic E-state index is 3.49. The molecule has 1 nitrogen and oxygen atoms in total. The van der Waals surface area contributed by atoms with Crippen LogP contribution in [0.5, 0.6) is 0 Å². The highest BCUT2D eigenvalue weighted by atomic mass is 14.9. The minimum absolute atomic E-state index is 0.162. The Bertz CT molecular complexity index is 854. The Kier molecular flexibility index (Phi) is 4.60. The molecular weight excluding hydrogens is 302 g/mol. The number of rotatable bonds is 4. The third-order valence-corrected chi connectivity index (χ3v) is 4.66. The highest BCUT2D eigenvalue weighted by Crippen LogP contribution is 2.37. The van der Waals surface area contributed by atoms with E-state index in [0.29, 0.717) is 5.41 Å². The zero-order valence-corrected chi connectivity index (χ0v) is 16.1. The normalized spacial score (nSPS) is 12.4. The van der Waals surface area contributed by atoms with Gasteiger partial charge in [-0.25, -0.2) is 0 Å². The lowest BCUT2D eigenvalue weighted by Gasteiger charge is -2.33. The summed E-state index contributed by atoms with van der Waals surface area (Å²) < 4.78 is 0. The first kappa shape index (κ1) is 17.5. The van der Waals surface area contributed by atoms with Crippen LogP contribution >= 0.6 is 0 Å². The van der Waals surface area contributed by atoms with E-state index in [2.05, 4.69) is 101 Å². The molecule has 0 aromatic heterocycles. The number of hydrogen-bond acceptors (Lipinski definition) is 1. The summed E-state index contributed by atoms with van der Waals surface area (Å²) in [6.45, 7) is 11.7. The molecule has 130 valence electrons.